The number of anilines is 2. The zero-order chi connectivity index (χ0) is 17.5. The first kappa shape index (κ1) is 15.1. The first-order valence-corrected chi connectivity index (χ1v) is 8.83. The van der Waals surface area contributed by atoms with Crippen molar-refractivity contribution in [2.45, 2.75) is 19.4 Å². The van der Waals surface area contributed by atoms with Crippen LogP contribution in [0, 0.1) is 0 Å². The molecule has 1 fully saturated rings. The van der Waals surface area contributed by atoms with Gasteiger partial charge < -0.3 is 4.90 Å². The van der Waals surface area contributed by atoms with E-state index in [-0.39, 0.29) is 6.03 Å². The van der Waals surface area contributed by atoms with E-state index in [1.54, 1.807) is 11.1 Å². The van der Waals surface area contributed by atoms with Gasteiger partial charge in [-0.25, -0.2) is 14.8 Å². The van der Waals surface area contributed by atoms with Crippen molar-refractivity contribution in [3.8, 4) is 11.3 Å². The maximum absolute atomic E-state index is 12.6. The van der Waals surface area contributed by atoms with Crippen LogP contribution in [0.15, 0.2) is 48.8 Å². The molecule has 7 heteroatoms. The predicted molar refractivity (Wildman–Crippen MR) is 98.1 cm³/mol. The van der Waals surface area contributed by atoms with Gasteiger partial charge in [0.2, 0.25) is 0 Å². The highest BCUT2D eigenvalue weighted by Gasteiger charge is 2.31. The molecule has 0 atom stereocenters. The summed E-state index contributed by atoms with van der Waals surface area (Å²) in [6.45, 7) is 2.62. The van der Waals surface area contributed by atoms with E-state index in [0.29, 0.717) is 12.4 Å². The number of carbonyl (C=O) groups is 1. The minimum absolute atomic E-state index is 0.174. The Hall–Kier alpha value is -3.22. The molecule has 3 aromatic rings. The second-order valence-corrected chi connectivity index (χ2v) is 6.59. The highest BCUT2D eigenvalue weighted by molar-refractivity contribution is 5.95. The Morgan fingerprint density at radius 2 is 1.85 bits per heavy atom. The lowest BCUT2D eigenvalue weighted by molar-refractivity contribution is 0.248. The summed E-state index contributed by atoms with van der Waals surface area (Å²) in [6, 6.07) is 11.4. The highest BCUT2D eigenvalue weighted by atomic mass is 16.2. The second kappa shape index (κ2) is 5.94. The van der Waals surface area contributed by atoms with Gasteiger partial charge in [-0.1, -0.05) is 6.07 Å². The third-order valence-electron chi connectivity index (χ3n) is 4.91. The molecular formula is C19H18N6O. The fourth-order valence-corrected chi connectivity index (χ4v) is 3.55. The lowest BCUT2D eigenvalue weighted by Crippen LogP contribution is -2.27. The maximum atomic E-state index is 12.6. The SMILES string of the molecule is O=C1N(c2ccccn2)Cc2cc(-c3ccc(N4CCCC4)nc3)nn21. The number of hydrogen-bond acceptors (Lipinski definition) is 5. The van der Waals surface area contributed by atoms with Crippen molar-refractivity contribution in [2.24, 2.45) is 0 Å². The Bertz CT molecular complexity index is 944. The molecular weight excluding hydrogens is 328 g/mol. The normalized spacial score (nSPS) is 16.4. The van der Waals surface area contributed by atoms with E-state index in [1.165, 1.54) is 17.5 Å². The van der Waals surface area contributed by atoms with Gasteiger partial charge in [-0.05, 0) is 43.2 Å². The largest absolute Gasteiger partial charge is 0.357 e. The number of pyridine rings is 2. The average Bonchev–Trinajstić information content (AvgIpc) is 3.41. The molecule has 26 heavy (non-hydrogen) atoms. The van der Waals surface area contributed by atoms with Gasteiger partial charge in [-0.15, -0.1) is 0 Å². The molecule has 0 bridgehead atoms. The quantitative estimate of drug-likeness (QED) is 0.729. The molecule has 2 aliphatic heterocycles. The van der Waals surface area contributed by atoms with Crippen molar-refractivity contribution < 1.29 is 4.79 Å². The molecule has 130 valence electrons. The van der Waals surface area contributed by atoms with Crippen molar-refractivity contribution in [1.82, 2.24) is 19.7 Å². The minimum Gasteiger partial charge on any atom is -0.357 e. The number of rotatable bonds is 3. The van der Waals surface area contributed by atoms with E-state index in [1.807, 2.05) is 42.6 Å². The smallest absolute Gasteiger partial charge is 0.351 e. The van der Waals surface area contributed by atoms with Gasteiger partial charge in [0.05, 0.1) is 17.9 Å². The molecule has 0 aromatic carbocycles. The van der Waals surface area contributed by atoms with Crippen molar-refractivity contribution in [1.29, 1.82) is 0 Å². The lowest BCUT2D eigenvalue weighted by atomic mass is 10.2. The zero-order valence-corrected chi connectivity index (χ0v) is 14.2. The Kier molecular flexibility index (Phi) is 3.44. The molecule has 7 nitrogen and oxygen atoms in total. The number of nitrogens with zero attached hydrogens (tertiary/aromatic N) is 6. The number of fused-ring (bicyclic) bond motifs is 1. The van der Waals surface area contributed by atoms with Gasteiger partial charge in [0.15, 0.2) is 0 Å². The summed E-state index contributed by atoms with van der Waals surface area (Å²) in [7, 11) is 0. The van der Waals surface area contributed by atoms with Crippen LogP contribution < -0.4 is 9.80 Å². The molecule has 0 spiro atoms. The summed E-state index contributed by atoms with van der Waals surface area (Å²) in [5.41, 5.74) is 2.56. The van der Waals surface area contributed by atoms with E-state index in [0.717, 1.165) is 35.9 Å². The molecule has 1 amide bonds. The summed E-state index contributed by atoms with van der Waals surface area (Å²) in [6.07, 6.45) is 5.98. The lowest BCUT2D eigenvalue weighted by Gasteiger charge is -2.16. The van der Waals surface area contributed by atoms with Crippen LogP contribution in [0.25, 0.3) is 11.3 Å². The van der Waals surface area contributed by atoms with Crippen LogP contribution >= 0.6 is 0 Å². The fourth-order valence-electron chi connectivity index (χ4n) is 3.55. The van der Waals surface area contributed by atoms with E-state index >= 15 is 0 Å². The monoisotopic (exact) mass is 346 g/mol. The Morgan fingerprint density at radius 1 is 0.962 bits per heavy atom. The summed E-state index contributed by atoms with van der Waals surface area (Å²) in [4.78, 5) is 25.4. The van der Waals surface area contributed by atoms with Crippen LogP contribution in [0.5, 0.6) is 0 Å². The summed E-state index contributed by atoms with van der Waals surface area (Å²) in [5.74, 6) is 1.65. The second-order valence-electron chi connectivity index (χ2n) is 6.59. The average molecular weight is 346 g/mol. The first-order chi connectivity index (χ1) is 12.8. The number of carbonyl (C=O) groups excluding carboxylic acids is 1. The van der Waals surface area contributed by atoms with E-state index in [4.69, 9.17) is 0 Å². The first-order valence-electron chi connectivity index (χ1n) is 8.83. The topological polar surface area (TPSA) is 67.2 Å². The molecule has 0 N–H and O–H groups in total. The molecule has 0 unspecified atom stereocenters. The van der Waals surface area contributed by atoms with Crippen molar-refractivity contribution in [3.05, 3.63) is 54.5 Å². The molecule has 1 saturated heterocycles. The van der Waals surface area contributed by atoms with E-state index in [2.05, 4.69) is 20.0 Å². The van der Waals surface area contributed by atoms with Crippen molar-refractivity contribution >= 4 is 17.7 Å². The Labute approximate surface area is 150 Å². The van der Waals surface area contributed by atoms with Crippen LogP contribution in [0.3, 0.4) is 0 Å². The van der Waals surface area contributed by atoms with Gasteiger partial charge in [-0.3, -0.25) is 4.90 Å². The van der Waals surface area contributed by atoms with Crippen molar-refractivity contribution in [2.75, 3.05) is 22.9 Å². The molecule has 2 aliphatic rings. The minimum atomic E-state index is -0.174. The van der Waals surface area contributed by atoms with Gasteiger partial charge in [-0.2, -0.15) is 9.78 Å². The van der Waals surface area contributed by atoms with Crippen LogP contribution in [0.1, 0.15) is 18.5 Å². The maximum Gasteiger partial charge on any atom is 0.351 e. The highest BCUT2D eigenvalue weighted by Crippen LogP contribution is 2.27. The van der Waals surface area contributed by atoms with Crippen LogP contribution in [0.4, 0.5) is 16.4 Å². The van der Waals surface area contributed by atoms with Gasteiger partial charge in [0.25, 0.3) is 0 Å². The molecule has 5 heterocycles. The van der Waals surface area contributed by atoms with Gasteiger partial charge in [0.1, 0.15) is 11.6 Å². The molecule has 3 aromatic heterocycles. The third kappa shape index (κ3) is 2.44. The third-order valence-corrected chi connectivity index (χ3v) is 4.91. The molecule has 0 saturated carbocycles. The standard InChI is InChI=1S/C19H18N6O/c26-19-24(18-5-1-2-8-20-18)13-15-11-16(22-25(15)19)14-6-7-17(21-12-14)23-9-3-4-10-23/h1-2,5-8,11-12H,3-4,9-10,13H2. The predicted octanol–water partition coefficient (Wildman–Crippen LogP) is 2.93. The number of amides is 1. The number of aromatic nitrogens is 4. The van der Waals surface area contributed by atoms with Crippen LogP contribution in [0.2, 0.25) is 0 Å². The van der Waals surface area contributed by atoms with E-state index in [9.17, 15) is 4.79 Å². The molecule has 0 radical (unpaired) electrons. The van der Waals surface area contributed by atoms with Crippen LogP contribution in [-0.2, 0) is 6.54 Å². The Morgan fingerprint density at radius 3 is 2.54 bits per heavy atom. The zero-order valence-electron chi connectivity index (χ0n) is 14.2. The molecule has 5 rings (SSSR count). The van der Waals surface area contributed by atoms with Gasteiger partial charge >= 0.3 is 6.03 Å². The molecule has 0 aliphatic carbocycles. The summed E-state index contributed by atoms with van der Waals surface area (Å²) >= 11 is 0. The Balaban J connectivity index is 1.39. The summed E-state index contributed by atoms with van der Waals surface area (Å²) in [5, 5.41) is 4.49. The fraction of sp³-hybridized carbons (Fsp3) is 0.263. The van der Waals surface area contributed by atoms with Gasteiger partial charge in [0, 0.05) is 31.0 Å². The van der Waals surface area contributed by atoms with E-state index < -0.39 is 0 Å². The summed E-state index contributed by atoms with van der Waals surface area (Å²) < 4.78 is 1.46. The van der Waals surface area contributed by atoms with Crippen LogP contribution in [-0.4, -0.2) is 38.9 Å². The van der Waals surface area contributed by atoms with Crippen molar-refractivity contribution in [3.63, 3.8) is 0 Å². The number of hydrogen-bond donors (Lipinski definition) is 0.